The fraction of sp³-hybridized carbons (Fsp3) is 0.263. The summed E-state index contributed by atoms with van der Waals surface area (Å²) in [5.41, 5.74) is 5.74. The normalized spacial score (nSPS) is 10.5. The Morgan fingerprint density at radius 3 is 2.38 bits per heavy atom. The van der Waals surface area contributed by atoms with E-state index >= 15 is 0 Å². The second kappa shape index (κ2) is 9.91. The number of carbonyl (C=O) groups excluding carboxylic acids is 2. The highest BCUT2D eigenvalue weighted by Crippen LogP contribution is 2.23. The van der Waals surface area contributed by atoms with Crippen LogP contribution in [0.4, 0.5) is 0 Å². The number of hydrogen-bond acceptors (Lipinski definition) is 3. The van der Waals surface area contributed by atoms with Gasteiger partial charge in [-0.1, -0.05) is 41.9 Å². The molecule has 0 heterocycles. The zero-order chi connectivity index (χ0) is 19.1. The van der Waals surface area contributed by atoms with Gasteiger partial charge in [0, 0.05) is 8.04 Å². The van der Waals surface area contributed by atoms with Crippen molar-refractivity contribution in [3.8, 4) is 5.75 Å². The van der Waals surface area contributed by atoms with Gasteiger partial charge in [0.15, 0.2) is 0 Å². The molecular formula is C19H20BrIN2O3. The Morgan fingerprint density at radius 1 is 1.08 bits per heavy atom. The first-order valence-corrected chi connectivity index (χ1v) is 10.0. The fourth-order valence-corrected chi connectivity index (χ4v) is 3.10. The lowest BCUT2D eigenvalue weighted by molar-refractivity contribution is 0.0843. The van der Waals surface area contributed by atoms with Crippen LogP contribution in [0, 0.1) is 9.49 Å². The lowest BCUT2D eigenvalue weighted by atomic mass is 10.1. The molecule has 2 amide bonds. The average molecular weight is 531 g/mol. The van der Waals surface area contributed by atoms with E-state index in [-0.39, 0.29) is 5.91 Å². The van der Waals surface area contributed by atoms with Crippen LogP contribution in [0.3, 0.4) is 0 Å². The zero-order valence-corrected chi connectivity index (χ0v) is 18.3. The molecule has 0 aromatic heterocycles. The Bertz CT molecular complexity index is 796. The van der Waals surface area contributed by atoms with Crippen molar-refractivity contribution in [2.24, 2.45) is 5.92 Å². The van der Waals surface area contributed by atoms with Gasteiger partial charge in [0.2, 0.25) is 0 Å². The zero-order valence-electron chi connectivity index (χ0n) is 14.5. The summed E-state index contributed by atoms with van der Waals surface area (Å²) in [7, 11) is 0. The van der Waals surface area contributed by atoms with Crippen LogP contribution in [0.2, 0.25) is 0 Å². The summed E-state index contributed by atoms with van der Waals surface area (Å²) >= 11 is 5.43. The lowest BCUT2D eigenvalue weighted by Crippen LogP contribution is -2.42. The van der Waals surface area contributed by atoms with Crippen molar-refractivity contribution < 1.29 is 14.3 Å². The van der Waals surface area contributed by atoms with Crippen LogP contribution in [0.15, 0.2) is 46.9 Å². The third-order valence-corrected chi connectivity index (χ3v) is 4.98. The summed E-state index contributed by atoms with van der Waals surface area (Å²) in [5.74, 6) is 0.177. The van der Waals surface area contributed by atoms with E-state index in [4.69, 9.17) is 4.74 Å². The van der Waals surface area contributed by atoms with Gasteiger partial charge < -0.3 is 4.74 Å². The van der Waals surface area contributed by atoms with Crippen LogP contribution >= 0.6 is 38.5 Å². The average Bonchev–Trinajstić information content (AvgIpc) is 2.60. The third-order valence-electron chi connectivity index (χ3n) is 3.55. The Kier molecular flexibility index (Phi) is 7.89. The van der Waals surface area contributed by atoms with Crippen molar-refractivity contribution in [2.45, 2.75) is 20.3 Å². The summed E-state index contributed by atoms with van der Waals surface area (Å²) in [6, 6.07) is 12.4. The molecule has 0 saturated carbocycles. The number of hydrogen-bond donors (Lipinski definition) is 2. The maximum absolute atomic E-state index is 12.5. The summed E-state index contributed by atoms with van der Waals surface area (Å²) < 4.78 is 7.29. The maximum atomic E-state index is 12.5. The minimum absolute atomic E-state index is 0.353. The Balaban J connectivity index is 2.05. The van der Waals surface area contributed by atoms with E-state index in [2.05, 4.69) is 63.2 Å². The molecule has 7 heteroatoms. The summed E-state index contributed by atoms with van der Waals surface area (Å²) in [5, 5.41) is 0. The van der Waals surface area contributed by atoms with Crippen LogP contribution in [-0.4, -0.2) is 18.4 Å². The second-order valence-electron chi connectivity index (χ2n) is 6.06. The minimum atomic E-state index is -0.440. The predicted octanol–water partition coefficient (Wildman–Crippen LogP) is 4.55. The van der Waals surface area contributed by atoms with Gasteiger partial charge in [-0.15, -0.1) is 0 Å². The quantitative estimate of drug-likeness (QED) is 0.425. The standard InChI is InChI=1S/C19H20BrIN2O3/c1-12(2)9-10-26-17-8-7-13(20)11-15(17)19(25)23-22-18(24)14-5-3-4-6-16(14)21/h3-8,11-12H,9-10H2,1-2H3,(H,22,24)(H,23,25). The monoisotopic (exact) mass is 530 g/mol. The van der Waals surface area contributed by atoms with Gasteiger partial charge in [-0.2, -0.15) is 0 Å². The van der Waals surface area contributed by atoms with Crippen molar-refractivity contribution in [3.05, 3.63) is 61.6 Å². The smallest absolute Gasteiger partial charge is 0.273 e. The molecule has 0 aliphatic rings. The molecule has 0 atom stereocenters. The van der Waals surface area contributed by atoms with E-state index in [1.165, 1.54) is 0 Å². The Hall–Kier alpha value is -1.61. The molecule has 26 heavy (non-hydrogen) atoms. The van der Waals surface area contributed by atoms with Crippen LogP contribution in [0.1, 0.15) is 41.0 Å². The van der Waals surface area contributed by atoms with Crippen molar-refractivity contribution in [2.75, 3.05) is 6.61 Å². The maximum Gasteiger partial charge on any atom is 0.273 e. The largest absolute Gasteiger partial charge is 0.493 e. The molecule has 0 radical (unpaired) electrons. The number of benzene rings is 2. The van der Waals surface area contributed by atoms with Crippen LogP contribution in [0.25, 0.3) is 0 Å². The molecule has 0 aliphatic heterocycles. The molecule has 2 N–H and O–H groups in total. The van der Waals surface area contributed by atoms with Gasteiger partial charge in [-0.3, -0.25) is 20.4 Å². The topological polar surface area (TPSA) is 67.4 Å². The summed E-state index contributed by atoms with van der Waals surface area (Å²) in [6.45, 7) is 4.74. The van der Waals surface area contributed by atoms with E-state index < -0.39 is 5.91 Å². The van der Waals surface area contributed by atoms with Gasteiger partial charge in [0.1, 0.15) is 5.75 Å². The van der Waals surface area contributed by atoms with Crippen molar-refractivity contribution >= 4 is 50.3 Å². The molecule has 0 spiro atoms. The molecular weight excluding hydrogens is 511 g/mol. The molecule has 2 aromatic rings. The molecule has 2 aromatic carbocycles. The Morgan fingerprint density at radius 2 is 1.73 bits per heavy atom. The van der Waals surface area contributed by atoms with Crippen LogP contribution in [0.5, 0.6) is 5.75 Å². The van der Waals surface area contributed by atoms with E-state index in [1.807, 2.05) is 18.2 Å². The Labute approximate surface area is 175 Å². The van der Waals surface area contributed by atoms with Gasteiger partial charge >= 0.3 is 0 Å². The van der Waals surface area contributed by atoms with Gasteiger partial charge in [-0.25, -0.2) is 0 Å². The third kappa shape index (κ3) is 5.98. The molecule has 5 nitrogen and oxygen atoms in total. The minimum Gasteiger partial charge on any atom is -0.493 e. The van der Waals surface area contributed by atoms with E-state index in [1.54, 1.807) is 24.3 Å². The predicted molar refractivity (Wildman–Crippen MR) is 113 cm³/mol. The highest BCUT2D eigenvalue weighted by atomic mass is 127. The van der Waals surface area contributed by atoms with Crippen LogP contribution in [-0.2, 0) is 0 Å². The summed E-state index contributed by atoms with van der Waals surface area (Å²) in [6.07, 6.45) is 0.889. The van der Waals surface area contributed by atoms with Crippen molar-refractivity contribution in [3.63, 3.8) is 0 Å². The van der Waals surface area contributed by atoms with Gasteiger partial charge in [0.05, 0.1) is 17.7 Å². The first-order valence-electron chi connectivity index (χ1n) is 8.16. The number of ether oxygens (including phenoxy) is 1. The van der Waals surface area contributed by atoms with Crippen molar-refractivity contribution in [1.29, 1.82) is 0 Å². The molecule has 138 valence electrons. The van der Waals surface area contributed by atoms with E-state index in [9.17, 15) is 9.59 Å². The number of hydrazine groups is 1. The first kappa shape index (κ1) is 20.7. The molecule has 0 aliphatic carbocycles. The molecule has 0 fully saturated rings. The lowest BCUT2D eigenvalue weighted by Gasteiger charge is -2.14. The fourth-order valence-electron chi connectivity index (χ4n) is 2.10. The number of nitrogens with one attached hydrogen (secondary N) is 2. The molecule has 0 bridgehead atoms. The number of amides is 2. The second-order valence-corrected chi connectivity index (χ2v) is 8.14. The van der Waals surface area contributed by atoms with E-state index in [0.29, 0.717) is 29.4 Å². The van der Waals surface area contributed by atoms with Gasteiger partial charge in [-0.05, 0) is 65.3 Å². The van der Waals surface area contributed by atoms with E-state index in [0.717, 1.165) is 14.5 Å². The van der Waals surface area contributed by atoms with Crippen LogP contribution < -0.4 is 15.6 Å². The summed E-state index contributed by atoms with van der Waals surface area (Å²) in [4.78, 5) is 24.7. The first-order chi connectivity index (χ1) is 12.4. The number of halogens is 2. The SMILES string of the molecule is CC(C)CCOc1ccc(Br)cc1C(=O)NNC(=O)c1ccccc1I. The number of carbonyl (C=O) groups is 2. The molecule has 2 rings (SSSR count). The molecule has 0 unspecified atom stereocenters. The highest BCUT2D eigenvalue weighted by molar-refractivity contribution is 14.1. The van der Waals surface area contributed by atoms with Crippen molar-refractivity contribution in [1.82, 2.24) is 10.9 Å². The molecule has 0 saturated heterocycles. The number of rotatable bonds is 6. The highest BCUT2D eigenvalue weighted by Gasteiger charge is 2.16. The van der Waals surface area contributed by atoms with Gasteiger partial charge in [0.25, 0.3) is 11.8 Å².